The lowest BCUT2D eigenvalue weighted by Crippen LogP contribution is -2.32. The summed E-state index contributed by atoms with van der Waals surface area (Å²) >= 11 is 0. The molecule has 21 heavy (non-hydrogen) atoms. The van der Waals surface area contributed by atoms with E-state index in [0.717, 1.165) is 18.5 Å². The Hall–Kier alpha value is -0.820. The van der Waals surface area contributed by atoms with Gasteiger partial charge in [-0.25, -0.2) is 0 Å². The number of aliphatic imine (C=N–C) groups is 1. The van der Waals surface area contributed by atoms with Gasteiger partial charge in [0.25, 0.3) is 0 Å². The van der Waals surface area contributed by atoms with Gasteiger partial charge in [0.05, 0.1) is 12.6 Å². The van der Waals surface area contributed by atoms with E-state index < -0.39 is 6.10 Å². The molecule has 0 aromatic heterocycles. The normalized spacial score (nSPS) is 12.6. The van der Waals surface area contributed by atoms with Gasteiger partial charge < -0.3 is 16.2 Å². The largest absolute Gasteiger partial charge is 0.386 e. The van der Waals surface area contributed by atoms with Crippen LogP contribution in [-0.2, 0) is 0 Å². The average molecular weight is 405 g/mol. The van der Waals surface area contributed by atoms with Crippen molar-refractivity contribution in [1.82, 2.24) is 5.32 Å². The van der Waals surface area contributed by atoms with Crippen LogP contribution in [0.25, 0.3) is 0 Å². The Kier molecular flexibility index (Phi) is 11.3. The lowest BCUT2D eigenvalue weighted by Gasteiger charge is -2.10. The topological polar surface area (TPSA) is 70.6 Å². The second-order valence-electron chi connectivity index (χ2n) is 5.14. The first-order valence-corrected chi connectivity index (χ1v) is 7.42. The number of aliphatic hydroxyl groups excluding tert-OH is 1. The molecule has 0 saturated heterocycles. The number of halogens is 1. The van der Waals surface area contributed by atoms with Gasteiger partial charge in [-0.3, -0.25) is 4.99 Å². The molecule has 120 valence electrons. The van der Waals surface area contributed by atoms with Crippen LogP contribution in [0.2, 0.25) is 0 Å². The van der Waals surface area contributed by atoms with Crippen LogP contribution in [0.3, 0.4) is 0 Å². The van der Waals surface area contributed by atoms with Crippen LogP contribution in [-0.4, -0.2) is 24.2 Å². The highest BCUT2D eigenvalue weighted by Gasteiger charge is 2.06. The molecule has 0 saturated carbocycles. The van der Waals surface area contributed by atoms with Crippen molar-refractivity contribution in [1.29, 1.82) is 0 Å². The van der Waals surface area contributed by atoms with Crippen LogP contribution >= 0.6 is 24.0 Å². The SMILES string of the molecule is CCCCCCNC(N)=NCC(O)c1ccc(C)cc1.I. The van der Waals surface area contributed by atoms with Crippen molar-refractivity contribution in [2.24, 2.45) is 10.7 Å². The minimum atomic E-state index is -0.601. The highest BCUT2D eigenvalue weighted by atomic mass is 127. The summed E-state index contributed by atoms with van der Waals surface area (Å²) in [6.45, 7) is 5.34. The number of hydrogen-bond acceptors (Lipinski definition) is 2. The van der Waals surface area contributed by atoms with Crippen molar-refractivity contribution in [2.75, 3.05) is 13.1 Å². The number of benzene rings is 1. The van der Waals surface area contributed by atoms with E-state index in [1.807, 2.05) is 31.2 Å². The van der Waals surface area contributed by atoms with Crippen molar-refractivity contribution in [3.8, 4) is 0 Å². The van der Waals surface area contributed by atoms with Gasteiger partial charge in [-0.15, -0.1) is 24.0 Å². The van der Waals surface area contributed by atoms with E-state index in [4.69, 9.17) is 5.73 Å². The zero-order valence-electron chi connectivity index (χ0n) is 13.0. The fourth-order valence-electron chi connectivity index (χ4n) is 1.90. The molecule has 0 amide bonds. The molecule has 1 unspecified atom stereocenters. The molecule has 5 heteroatoms. The Morgan fingerprint density at radius 3 is 2.52 bits per heavy atom. The first kappa shape index (κ1) is 20.2. The van der Waals surface area contributed by atoms with Crippen molar-refractivity contribution < 1.29 is 5.11 Å². The van der Waals surface area contributed by atoms with E-state index in [-0.39, 0.29) is 30.5 Å². The van der Waals surface area contributed by atoms with Crippen LogP contribution in [0.4, 0.5) is 0 Å². The first-order valence-electron chi connectivity index (χ1n) is 7.42. The molecule has 0 heterocycles. The van der Waals surface area contributed by atoms with Gasteiger partial charge in [0, 0.05) is 6.54 Å². The maximum Gasteiger partial charge on any atom is 0.188 e. The summed E-state index contributed by atoms with van der Waals surface area (Å²) in [5.74, 6) is 0.410. The summed E-state index contributed by atoms with van der Waals surface area (Å²) in [6.07, 6.45) is 4.20. The van der Waals surface area contributed by atoms with Gasteiger partial charge in [-0.05, 0) is 18.9 Å². The number of hydrogen-bond donors (Lipinski definition) is 3. The predicted molar refractivity (Wildman–Crippen MR) is 100 cm³/mol. The second kappa shape index (κ2) is 11.8. The lowest BCUT2D eigenvalue weighted by molar-refractivity contribution is 0.187. The van der Waals surface area contributed by atoms with Crippen LogP contribution < -0.4 is 11.1 Å². The van der Waals surface area contributed by atoms with Gasteiger partial charge in [0.15, 0.2) is 5.96 Å². The number of nitrogens with zero attached hydrogens (tertiary/aromatic N) is 1. The standard InChI is InChI=1S/C16H27N3O.HI/c1-3-4-5-6-11-18-16(17)19-12-15(20)14-9-7-13(2)8-10-14;/h7-10,15,20H,3-6,11-12H2,1-2H3,(H3,17,18,19);1H. The summed E-state index contributed by atoms with van der Waals surface area (Å²) in [4.78, 5) is 4.17. The highest BCUT2D eigenvalue weighted by Crippen LogP contribution is 2.13. The Labute approximate surface area is 145 Å². The number of rotatable bonds is 8. The van der Waals surface area contributed by atoms with Crippen molar-refractivity contribution in [2.45, 2.75) is 45.6 Å². The molecule has 0 radical (unpaired) electrons. The Balaban J connectivity index is 0.00000400. The maximum atomic E-state index is 10.0. The van der Waals surface area contributed by atoms with Crippen LogP contribution in [0.1, 0.15) is 49.8 Å². The van der Waals surface area contributed by atoms with Crippen molar-refractivity contribution >= 4 is 29.9 Å². The molecule has 4 nitrogen and oxygen atoms in total. The van der Waals surface area contributed by atoms with Gasteiger partial charge in [-0.2, -0.15) is 0 Å². The average Bonchev–Trinajstić information content (AvgIpc) is 2.45. The summed E-state index contributed by atoms with van der Waals surface area (Å²) < 4.78 is 0. The number of unbranched alkanes of at least 4 members (excludes halogenated alkanes) is 3. The fraction of sp³-hybridized carbons (Fsp3) is 0.562. The van der Waals surface area contributed by atoms with Gasteiger partial charge in [-0.1, -0.05) is 56.0 Å². The summed E-state index contributed by atoms with van der Waals surface area (Å²) in [7, 11) is 0. The molecular formula is C16H28IN3O. The maximum absolute atomic E-state index is 10.0. The number of aliphatic hydroxyl groups is 1. The predicted octanol–water partition coefficient (Wildman–Crippen LogP) is 3.13. The zero-order chi connectivity index (χ0) is 14.8. The number of aryl methyl sites for hydroxylation is 1. The molecule has 0 aliphatic heterocycles. The summed E-state index contributed by atoms with van der Waals surface area (Å²) in [5, 5.41) is 13.1. The second-order valence-corrected chi connectivity index (χ2v) is 5.14. The summed E-state index contributed by atoms with van der Waals surface area (Å²) in [6, 6.07) is 7.81. The molecule has 0 aliphatic carbocycles. The zero-order valence-corrected chi connectivity index (χ0v) is 15.3. The van der Waals surface area contributed by atoms with Gasteiger partial charge in [0.2, 0.25) is 0 Å². The summed E-state index contributed by atoms with van der Waals surface area (Å²) in [5.41, 5.74) is 7.82. The number of nitrogens with two attached hydrogens (primary N) is 1. The van der Waals surface area contributed by atoms with E-state index in [9.17, 15) is 5.11 Å². The van der Waals surface area contributed by atoms with E-state index >= 15 is 0 Å². The third-order valence-electron chi connectivity index (χ3n) is 3.23. The molecule has 0 aliphatic rings. The van der Waals surface area contributed by atoms with E-state index in [2.05, 4.69) is 17.2 Å². The van der Waals surface area contributed by atoms with Crippen LogP contribution in [0.15, 0.2) is 29.3 Å². The van der Waals surface area contributed by atoms with E-state index in [1.54, 1.807) is 0 Å². The fourth-order valence-corrected chi connectivity index (χ4v) is 1.90. The van der Waals surface area contributed by atoms with E-state index in [0.29, 0.717) is 5.96 Å². The van der Waals surface area contributed by atoms with Crippen molar-refractivity contribution in [3.63, 3.8) is 0 Å². The Bertz CT molecular complexity index is 406. The molecule has 1 aromatic carbocycles. The lowest BCUT2D eigenvalue weighted by atomic mass is 10.1. The van der Waals surface area contributed by atoms with E-state index in [1.165, 1.54) is 24.8 Å². The molecule has 4 N–H and O–H groups in total. The molecule has 1 aromatic rings. The minimum absolute atomic E-state index is 0. The van der Waals surface area contributed by atoms with Crippen LogP contribution in [0, 0.1) is 6.92 Å². The Morgan fingerprint density at radius 2 is 1.90 bits per heavy atom. The molecule has 0 bridgehead atoms. The van der Waals surface area contributed by atoms with Gasteiger partial charge >= 0.3 is 0 Å². The third-order valence-corrected chi connectivity index (χ3v) is 3.23. The highest BCUT2D eigenvalue weighted by molar-refractivity contribution is 14.0. The number of guanidine groups is 1. The Morgan fingerprint density at radius 1 is 1.24 bits per heavy atom. The minimum Gasteiger partial charge on any atom is -0.386 e. The quantitative estimate of drug-likeness (QED) is 0.269. The third kappa shape index (κ3) is 8.93. The van der Waals surface area contributed by atoms with Crippen LogP contribution in [0.5, 0.6) is 0 Å². The first-order chi connectivity index (χ1) is 9.63. The smallest absolute Gasteiger partial charge is 0.188 e. The molecule has 1 atom stereocenters. The van der Waals surface area contributed by atoms with Gasteiger partial charge in [0.1, 0.15) is 0 Å². The molecular weight excluding hydrogens is 377 g/mol. The molecule has 1 rings (SSSR count). The molecule has 0 spiro atoms. The molecule has 0 fully saturated rings. The monoisotopic (exact) mass is 405 g/mol. The van der Waals surface area contributed by atoms with Crippen molar-refractivity contribution in [3.05, 3.63) is 35.4 Å². The number of nitrogens with one attached hydrogen (secondary N) is 1.